The molecule has 78 valence electrons. The second kappa shape index (κ2) is 4.51. The average molecular weight is 214 g/mol. The summed E-state index contributed by atoms with van der Waals surface area (Å²) >= 11 is 5.75. The van der Waals surface area contributed by atoms with Crippen molar-refractivity contribution < 1.29 is 0 Å². The Kier molecular flexibility index (Phi) is 3.58. The first-order chi connectivity index (χ1) is 6.60. The number of hydrogen-bond acceptors (Lipinski definition) is 2. The number of nitrogens with two attached hydrogens (primary N) is 1. The van der Waals surface area contributed by atoms with Gasteiger partial charge in [0.2, 0.25) is 0 Å². The monoisotopic (exact) mass is 213 g/mol. The second-order valence-corrected chi connectivity index (χ2v) is 3.72. The van der Waals surface area contributed by atoms with Crippen molar-refractivity contribution in [1.29, 1.82) is 0 Å². The molecule has 0 aliphatic heterocycles. The molecule has 14 heavy (non-hydrogen) atoms. The lowest BCUT2D eigenvalue weighted by atomic mass is 10.2. The van der Waals surface area contributed by atoms with Crippen LogP contribution in [-0.4, -0.2) is 9.78 Å². The zero-order valence-electron chi connectivity index (χ0n) is 8.68. The maximum atomic E-state index is 5.94. The maximum Gasteiger partial charge on any atom is 0.0854 e. The van der Waals surface area contributed by atoms with E-state index in [9.17, 15) is 0 Å². The first-order valence-electron chi connectivity index (χ1n) is 4.77. The largest absolute Gasteiger partial charge is 0.396 e. The van der Waals surface area contributed by atoms with Gasteiger partial charge in [-0.1, -0.05) is 32.0 Å². The van der Waals surface area contributed by atoms with E-state index in [4.69, 9.17) is 17.3 Å². The minimum atomic E-state index is 0.537. The van der Waals surface area contributed by atoms with Crippen molar-refractivity contribution in [1.82, 2.24) is 9.78 Å². The number of allylic oxidation sites excluding steroid dienone is 1. The highest BCUT2D eigenvalue weighted by atomic mass is 35.5. The van der Waals surface area contributed by atoms with Crippen LogP contribution in [0.15, 0.2) is 11.6 Å². The molecule has 0 fully saturated rings. The summed E-state index contributed by atoms with van der Waals surface area (Å²) in [5.74, 6) is 0. The zero-order chi connectivity index (χ0) is 10.7. The van der Waals surface area contributed by atoms with Crippen LogP contribution >= 0.6 is 11.6 Å². The van der Waals surface area contributed by atoms with Crippen LogP contribution in [-0.2, 0) is 19.4 Å². The lowest BCUT2D eigenvalue weighted by molar-refractivity contribution is 0.647. The Labute approximate surface area is 89.5 Å². The van der Waals surface area contributed by atoms with Gasteiger partial charge in [-0.15, -0.1) is 0 Å². The van der Waals surface area contributed by atoms with E-state index in [-0.39, 0.29) is 0 Å². The molecule has 0 unspecified atom stereocenters. The van der Waals surface area contributed by atoms with Gasteiger partial charge < -0.3 is 5.73 Å². The molecule has 1 heterocycles. The smallest absolute Gasteiger partial charge is 0.0854 e. The Hall–Kier alpha value is -0.960. The van der Waals surface area contributed by atoms with Crippen LogP contribution in [0.25, 0.3) is 0 Å². The minimum Gasteiger partial charge on any atom is -0.396 e. The van der Waals surface area contributed by atoms with Gasteiger partial charge in [0.15, 0.2) is 0 Å². The van der Waals surface area contributed by atoms with Crippen LogP contribution in [0.3, 0.4) is 0 Å². The minimum absolute atomic E-state index is 0.537. The summed E-state index contributed by atoms with van der Waals surface area (Å²) in [6.45, 7) is 8.29. The molecule has 1 aromatic rings. The molecule has 0 aromatic carbocycles. The molecular formula is C10H16ClN3. The third kappa shape index (κ3) is 2.10. The van der Waals surface area contributed by atoms with E-state index in [1.165, 1.54) is 0 Å². The first kappa shape index (κ1) is 11.1. The highest BCUT2D eigenvalue weighted by Gasteiger charge is 2.12. The van der Waals surface area contributed by atoms with Crippen molar-refractivity contribution in [3.05, 3.63) is 23.0 Å². The van der Waals surface area contributed by atoms with Crippen LogP contribution in [0, 0.1) is 0 Å². The molecule has 4 heteroatoms. The molecule has 0 radical (unpaired) electrons. The van der Waals surface area contributed by atoms with Gasteiger partial charge in [-0.3, -0.25) is 4.68 Å². The second-order valence-electron chi connectivity index (χ2n) is 3.19. The fraction of sp³-hybridized carbons (Fsp3) is 0.500. The molecular weight excluding hydrogens is 198 g/mol. The Bertz CT molecular complexity index is 341. The molecule has 0 saturated carbocycles. The summed E-state index contributed by atoms with van der Waals surface area (Å²) in [4.78, 5) is 0. The van der Waals surface area contributed by atoms with Gasteiger partial charge in [-0.2, -0.15) is 5.10 Å². The first-order valence-corrected chi connectivity index (χ1v) is 5.15. The molecule has 0 aliphatic carbocycles. The third-order valence-electron chi connectivity index (χ3n) is 2.17. The van der Waals surface area contributed by atoms with E-state index in [0.29, 0.717) is 11.6 Å². The van der Waals surface area contributed by atoms with Gasteiger partial charge in [0.1, 0.15) is 0 Å². The zero-order valence-corrected chi connectivity index (χ0v) is 9.43. The molecule has 0 atom stereocenters. The number of aryl methyl sites for hydroxylation is 1. The van der Waals surface area contributed by atoms with Gasteiger partial charge in [0.25, 0.3) is 0 Å². The fourth-order valence-corrected chi connectivity index (χ4v) is 1.61. The van der Waals surface area contributed by atoms with Gasteiger partial charge >= 0.3 is 0 Å². The molecule has 1 rings (SSSR count). The average Bonchev–Trinajstić information content (AvgIpc) is 2.41. The van der Waals surface area contributed by atoms with Crippen molar-refractivity contribution >= 4 is 17.3 Å². The Morgan fingerprint density at radius 2 is 2.14 bits per heavy atom. The van der Waals surface area contributed by atoms with E-state index in [2.05, 4.69) is 18.6 Å². The molecule has 0 saturated heterocycles. The van der Waals surface area contributed by atoms with Crippen LogP contribution in [0.1, 0.15) is 25.2 Å². The number of aromatic nitrogens is 2. The van der Waals surface area contributed by atoms with Crippen LogP contribution in [0.2, 0.25) is 0 Å². The van der Waals surface area contributed by atoms with E-state index >= 15 is 0 Å². The van der Waals surface area contributed by atoms with Crippen molar-refractivity contribution in [3.8, 4) is 0 Å². The molecule has 0 aliphatic rings. The number of halogens is 1. The van der Waals surface area contributed by atoms with E-state index in [1.54, 1.807) is 0 Å². The summed E-state index contributed by atoms with van der Waals surface area (Å²) in [5, 5.41) is 4.96. The van der Waals surface area contributed by atoms with Crippen molar-refractivity contribution in [2.24, 2.45) is 0 Å². The number of nitrogen functional groups attached to an aromatic ring is 1. The Balaban J connectivity index is 3.08. The summed E-state index contributed by atoms with van der Waals surface area (Å²) in [6, 6.07) is 0. The van der Waals surface area contributed by atoms with Crippen LogP contribution in [0.4, 0.5) is 5.69 Å². The van der Waals surface area contributed by atoms with Gasteiger partial charge in [0.05, 0.1) is 23.6 Å². The summed E-state index contributed by atoms with van der Waals surface area (Å²) in [6.07, 6.45) is 1.71. The Morgan fingerprint density at radius 3 is 2.57 bits per heavy atom. The van der Waals surface area contributed by atoms with Crippen molar-refractivity contribution in [2.75, 3.05) is 5.73 Å². The lowest BCUT2D eigenvalue weighted by Crippen LogP contribution is -2.05. The summed E-state index contributed by atoms with van der Waals surface area (Å²) in [7, 11) is 0. The highest BCUT2D eigenvalue weighted by molar-refractivity contribution is 6.29. The van der Waals surface area contributed by atoms with E-state index < -0.39 is 0 Å². The summed E-state index contributed by atoms with van der Waals surface area (Å²) in [5.41, 5.74) is 8.73. The quantitative estimate of drug-likeness (QED) is 0.835. The summed E-state index contributed by atoms with van der Waals surface area (Å²) < 4.78 is 1.84. The predicted molar refractivity (Wildman–Crippen MR) is 60.4 cm³/mol. The maximum absolute atomic E-state index is 5.94. The van der Waals surface area contributed by atoms with Crippen LogP contribution < -0.4 is 5.73 Å². The van der Waals surface area contributed by atoms with Gasteiger partial charge in [0, 0.05) is 5.03 Å². The van der Waals surface area contributed by atoms with Gasteiger partial charge in [-0.25, -0.2) is 0 Å². The normalized spacial score (nSPS) is 10.5. The molecule has 0 amide bonds. The number of anilines is 1. The number of hydrogen-bond donors (Lipinski definition) is 1. The molecule has 1 aromatic heterocycles. The molecule has 0 bridgehead atoms. The SMILES string of the molecule is C=C(Cl)Cn1nc(CC)c(N)c1CC. The topological polar surface area (TPSA) is 43.8 Å². The van der Waals surface area contributed by atoms with Crippen molar-refractivity contribution in [2.45, 2.75) is 33.2 Å². The van der Waals surface area contributed by atoms with Gasteiger partial charge in [-0.05, 0) is 12.8 Å². The highest BCUT2D eigenvalue weighted by Crippen LogP contribution is 2.19. The lowest BCUT2D eigenvalue weighted by Gasteiger charge is -2.03. The molecule has 2 N–H and O–H groups in total. The third-order valence-corrected chi connectivity index (χ3v) is 2.29. The van der Waals surface area contributed by atoms with Crippen LogP contribution in [0.5, 0.6) is 0 Å². The number of rotatable bonds is 4. The Morgan fingerprint density at radius 1 is 1.50 bits per heavy atom. The fourth-order valence-electron chi connectivity index (χ4n) is 1.49. The van der Waals surface area contributed by atoms with Crippen molar-refractivity contribution in [3.63, 3.8) is 0 Å². The predicted octanol–water partition coefficient (Wildman–Crippen LogP) is 2.34. The standard InChI is InChI=1S/C10H16ClN3/c1-4-8-10(12)9(5-2)14(13-8)6-7(3)11/h3-6,12H2,1-2H3. The van der Waals surface area contributed by atoms with E-state index in [1.807, 2.05) is 11.6 Å². The molecule has 3 nitrogen and oxygen atoms in total. The number of nitrogens with zero attached hydrogens (tertiary/aromatic N) is 2. The van der Waals surface area contributed by atoms with E-state index in [0.717, 1.165) is 29.9 Å². The molecule has 0 spiro atoms.